The maximum absolute atomic E-state index is 11.7. The number of hydrogen-bond donors (Lipinski definition) is 3. The molecule has 0 bridgehead atoms. The third-order valence-electron chi connectivity index (χ3n) is 2.91. The number of amides is 2. The van der Waals surface area contributed by atoms with E-state index in [4.69, 9.17) is 10.5 Å². The van der Waals surface area contributed by atoms with Crippen molar-refractivity contribution in [3.8, 4) is 0 Å². The summed E-state index contributed by atoms with van der Waals surface area (Å²) in [4.78, 5) is 25.9. The second-order valence-electron chi connectivity index (χ2n) is 4.44. The van der Waals surface area contributed by atoms with Gasteiger partial charge in [-0.25, -0.2) is 0 Å². The molecule has 1 aromatic heterocycles. The zero-order chi connectivity index (χ0) is 14.4. The zero-order valence-electron chi connectivity index (χ0n) is 11.0. The fraction of sp³-hybridized carbons (Fsp3) is 0.500. The van der Waals surface area contributed by atoms with Crippen LogP contribution >= 0.6 is 11.3 Å². The molecule has 1 aliphatic heterocycles. The Morgan fingerprint density at radius 1 is 1.50 bits per heavy atom. The molecule has 0 radical (unpaired) electrons. The summed E-state index contributed by atoms with van der Waals surface area (Å²) >= 11 is 1.32. The van der Waals surface area contributed by atoms with Crippen molar-refractivity contribution in [1.29, 1.82) is 0 Å². The van der Waals surface area contributed by atoms with Crippen LogP contribution in [0, 0.1) is 0 Å². The van der Waals surface area contributed by atoms with E-state index in [9.17, 15) is 9.59 Å². The van der Waals surface area contributed by atoms with E-state index in [0.717, 1.165) is 0 Å². The van der Waals surface area contributed by atoms with Gasteiger partial charge < -0.3 is 10.5 Å². The number of carbonyl (C=O) groups is 2. The molecule has 2 heterocycles. The first kappa shape index (κ1) is 14.9. The normalized spacial score (nSPS) is 19.6. The summed E-state index contributed by atoms with van der Waals surface area (Å²) < 4.78 is 5.42. The lowest BCUT2D eigenvalue weighted by molar-refractivity contribution is -0.124. The molecule has 7 nitrogen and oxygen atoms in total. The van der Waals surface area contributed by atoms with Gasteiger partial charge in [-0.05, 0) is 11.4 Å². The van der Waals surface area contributed by atoms with E-state index in [1.54, 1.807) is 17.5 Å². The smallest absolute Gasteiger partial charge is 0.279 e. The van der Waals surface area contributed by atoms with Gasteiger partial charge in [0, 0.05) is 19.6 Å². The maximum atomic E-state index is 11.7. The SMILES string of the molecule is NCC1CN(CC(=O)NNC(=O)c2cccs2)CCO1. The Balaban J connectivity index is 1.71. The number of nitrogens with two attached hydrogens (primary N) is 1. The Bertz CT molecular complexity index is 452. The lowest BCUT2D eigenvalue weighted by atomic mass is 10.2. The summed E-state index contributed by atoms with van der Waals surface area (Å²) in [5.74, 6) is -0.567. The zero-order valence-corrected chi connectivity index (χ0v) is 11.8. The monoisotopic (exact) mass is 298 g/mol. The van der Waals surface area contributed by atoms with Gasteiger partial charge >= 0.3 is 0 Å². The molecule has 0 aliphatic carbocycles. The molecule has 0 saturated carbocycles. The minimum atomic E-state index is -0.310. The highest BCUT2D eigenvalue weighted by Crippen LogP contribution is 2.07. The lowest BCUT2D eigenvalue weighted by Gasteiger charge is -2.31. The van der Waals surface area contributed by atoms with Crippen LogP contribution in [0.1, 0.15) is 9.67 Å². The van der Waals surface area contributed by atoms with Crippen LogP contribution in [0.3, 0.4) is 0 Å². The van der Waals surface area contributed by atoms with Gasteiger partial charge in [-0.2, -0.15) is 0 Å². The number of rotatable bonds is 4. The first-order valence-corrected chi connectivity index (χ1v) is 7.23. The van der Waals surface area contributed by atoms with E-state index < -0.39 is 0 Å². The molecule has 2 amide bonds. The first-order chi connectivity index (χ1) is 9.69. The van der Waals surface area contributed by atoms with E-state index >= 15 is 0 Å². The van der Waals surface area contributed by atoms with Crippen molar-refractivity contribution in [2.24, 2.45) is 5.73 Å². The number of ether oxygens (including phenoxy) is 1. The molecule has 20 heavy (non-hydrogen) atoms. The fourth-order valence-electron chi connectivity index (χ4n) is 1.91. The van der Waals surface area contributed by atoms with Gasteiger partial charge in [0.05, 0.1) is 24.1 Å². The number of hydrogen-bond acceptors (Lipinski definition) is 6. The summed E-state index contributed by atoms with van der Waals surface area (Å²) in [6.07, 6.45) is -0.0303. The molecule has 2 rings (SSSR count). The molecule has 1 fully saturated rings. The minimum absolute atomic E-state index is 0.0303. The number of morpholine rings is 1. The van der Waals surface area contributed by atoms with Gasteiger partial charge in [-0.1, -0.05) is 6.07 Å². The van der Waals surface area contributed by atoms with Gasteiger partial charge in [0.25, 0.3) is 11.8 Å². The number of nitrogens with zero attached hydrogens (tertiary/aromatic N) is 1. The van der Waals surface area contributed by atoms with Crippen LogP contribution in [0.15, 0.2) is 17.5 Å². The van der Waals surface area contributed by atoms with Crippen molar-refractivity contribution in [3.63, 3.8) is 0 Å². The van der Waals surface area contributed by atoms with Crippen LogP contribution in [0.2, 0.25) is 0 Å². The van der Waals surface area contributed by atoms with Gasteiger partial charge in [0.1, 0.15) is 0 Å². The van der Waals surface area contributed by atoms with Crippen molar-refractivity contribution in [3.05, 3.63) is 22.4 Å². The highest BCUT2D eigenvalue weighted by atomic mass is 32.1. The summed E-state index contributed by atoms with van der Waals surface area (Å²) in [5, 5.41) is 1.80. The Hall–Kier alpha value is -1.48. The first-order valence-electron chi connectivity index (χ1n) is 6.35. The number of thiophene rings is 1. The van der Waals surface area contributed by atoms with E-state index in [0.29, 0.717) is 31.1 Å². The second kappa shape index (κ2) is 7.34. The van der Waals surface area contributed by atoms with Crippen molar-refractivity contribution in [1.82, 2.24) is 15.8 Å². The summed E-state index contributed by atoms with van der Waals surface area (Å²) in [6, 6.07) is 3.47. The molecule has 1 unspecified atom stereocenters. The molecule has 0 aromatic carbocycles. The van der Waals surface area contributed by atoms with Gasteiger partial charge in [0.15, 0.2) is 0 Å². The van der Waals surface area contributed by atoms with Crippen LogP contribution in [0.5, 0.6) is 0 Å². The third kappa shape index (κ3) is 4.27. The molecular weight excluding hydrogens is 280 g/mol. The van der Waals surface area contributed by atoms with Gasteiger partial charge in [0.2, 0.25) is 0 Å². The Morgan fingerprint density at radius 3 is 3.05 bits per heavy atom. The number of hydrazine groups is 1. The second-order valence-corrected chi connectivity index (χ2v) is 5.39. The predicted octanol–water partition coefficient (Wildman–Crippen LogP) is -0.831. The summed E-state index contributed by atoms with van der Waals surface area (Å²) in [6.45, 7) is 2.53. The van der Waals surface area contributed by atoms with Crippen LogP contribution in [-0.2, 0) is 9.53 Å². The molecule has 0 spiro atoms. The largest absolute Gasteiger partial charge is 0.374 e. The quantitative estimate of drug-likeness (QED) is 0.630. The highest BCUT2D eigenvalue weighted by molar-refractivity contribution is 7.12. The third-order valence-corrected chi connectivity index (χ3v) is 3.78. The van der Waals surface area contributed by atoms with Crippen LogP contribution < -0.4 is 16.6 Å². The van der Waals surface area contributed by atoms with E-state index in [-0.39, 0.29) is 24.5 Å². The molecule has 1 atom stereocenters. The maximum Gasteiger partial charge on any atom is 0.279 e. The average molecular weight is 298 g/mol. The summed E-state index contributed by atoms with van der Waals surface area (Å²) in [7, 11) is 0. The lowest BCUT2D eigenvalue weighted by Crippen LogP contribution is -2.51. The van der Waals surface area contributed by atoms with Gasteiger partial charge in [-0.15, -0.1) is 11.3 Å². The molecular formula is C12H18N4O3S. The topological polar surface area (TPSA) is 96.7 Å². The molecule has 8 heteroatoms. The van der Waals surface area contributed by atoms with Crippen LogP contribution in [0.4, 0.5) is 0 Å². The van der Waals surface area contributed by atoms with Crippen molar-refractivity contribution in [2.75, 3.05) is 32.8 Å². The van der Waals surface area contributed by atoms with Crippen LogP contribution in [-0.4, -0.2) is 55.6 Å². The highest BCUT2D eigenvalue weighted by Gasteiger charge is 2.21. The summed E-state index contributed by atoms with van der Waals surface area (Å²) in [5.41, 5.74) is 10.3. The average Bonchev–Trinajstić information content (AvgIpc) is 2.99. The molecule has 1 saturated heterocycles. The van der Waals surface area contributed by atoms with Crippen molar-refractivity contribution >= 4 is 23.2 Å². The molecule has 4 N–H and O–H groups in total. The van der Waals surface area contributed by atoms with E-state index in [1.807, 2.05) is 4.90 Å². The standard InChI is InChI=1S/C12H18N4O3S/c13-6-9-7-16(3-4-19-9)8-11(17)14-15-12(18)10-2-1-5-20-10/h1-2,5,9H,3-4,6-8,13H2,(H,14,17)(H,15,18). The van der Waals surface area contributed by atoms with Crippen molar-refractivity contribution < 1.29 is 14.3 Å². The fourth-order valence-corrected chi connectivity index (χ4v) is 2.52. The van der Waals surface area contributed by atoms with E-state index in [2.05, 4.69) is 10.9 Å². The molecule has 1 aliphatic rings. The predicted molar refractivity (Wildman–Crippen MR) is 75.2 cm³/mol. The minimum Gasteiger partial charge on any atom is -0.374 e. The number of carbonyl (C=O) groups excluding carboxylic acids is 2. The van der Waals surface area contributed by atoms with Crippen LogP contribution in [0.25, 0.3) is 0 Å². The Morgan fingerprint density at radius 2 is 2.35 bits per heavy atom. The Labute approximate surface area is 121 Å². The van der Waals surface area contributed by atoms with E-state index in [1.165, 1.54) is 11.3 Å². The molecule has 110 valence electrons. The Kier molecular flexibility index (Phi) is 5.48. The van der Waals surface area contributed by atoms with Gasteiger partial charge in [-0.3, -0.25) is 25.3 Å². The van der Waals surface area contributed by atoms with Crippen molar-refractivity contribution in [2.45, 2.75) is 6.10 Å². The molecule has 1 aromatic rings. The number of nitrogens with one attached hydrogen (secondary N) is 2.